The number of fused-ring (bicyclic) bond motifs is 1. The Bertz CT molecular complexity index is 527. The average Bonchev–Trinajstić information content (AvgIpc) is 2.55. The van der Waals surface area contributed by atoms with Crippen LogP contribution in [0.2, 0.25) is 0 Å². The number of benzene rings is 1. The molecule has 0 aliphatic heterocycles. The number of aliphatic hydroxyl groups is 1. The quantitative estimate of drug-likeness (QED) is 0.712. The molecule has 0 spiro atoms. The Kier molecular flexibility index (Phi) is 2.34. The summed E-state index contributed by atoms with van der Waals surface area (Å²) in [6.45, 7) is 0. The first-order chi connectivity index (χ1) is 7.08. The van der Waals surface area contributed by atoms with Crippen LogP contribution < -0.4 is 5.76 Å². The second kappa shape index (κ2) is 3.52. The zero-order valence-electron chi connectivity index (χ0n) is 8.52. The monoisotopic (exact) mass is 208 g/mol. The number of aromatic nitrogens is 1. The van der Waals surface area contributed by atoms with Crippen LogP contribution in [-0.2, 0) is 0 Å². The van der Waals surface area contributed by atoms with Crippen molar-refractivity contribution in [2.24, 2.45) is 0 Å². The summed E-state index contributed by atoms with van der Waals surface area (Å²) in [4.78, 5) is 15.1. The molecule has 2 aromatic rings. The summed E-state index contributed by atoms with van der Waals surface area (Å²) < 4.78 is 4.86. The maximum absolute atomic E-state index is 10.9. The van der Waals surface area contributed by atoms with Crippen molar-refractivity contribution in [2.45, 2.75) is 6.23 Å². The molecule has 2 N–H and O–H groups in total. The number of aromatic amines is 1. The first-order valence-corrected chi connectivity index (χ1v) is 4.55. The topological polar surface area (TPSA) is 69.5 Å². The fourth-order valence-corrected chi connectivity index (χ4v) is 1.43. The van der Waals surface area contributed by atoms with Gasteiger partial charge in [0.15, 0.2) is 5.58 Å². The van der Waals surface area contributed by atoms with Gasteiger partial charge in [0.05, 0.1) is 5.52 Å². The van der Waals surface area contributed by atoms with Crippen LogP contribution in [0.4, 0.5) is 0 Å². The second-order valence-corrected chi connectivity index (χ2v) is 3.61. The first kappa shape index (κ1) is 9.95. The maximum Gasteiger partial charge on any atom is 0.417 e. The van der Waals surface area contributed by atoms with Crippen molar-refractivity contribution in [3.05, 3.63) is 34.3 Å². The molecule has 1 heterocycles. The van der Waals surface area contributed by atoms with Crippen molar-refractivity contribution in [1.82, 2.24) is 9.88 Å². The van der Waals surface area contributed by atoms with E-state index in [9.17, 15) is 9.90 Å². The van der Waals surface area contributed by atoms with Gasteiger partial charge in [-0.3, -0.25) is 9.88 Å². The molecule has 5 heteroatoms. The smallest absolute Gasteiger partial charge is 0.408 e. The number of nitrogens with zero attached hydrogens (tertiary/aromatic N) is 1. The van der Waals surface area contributed by atoms with E-state index < -0.39 is 12.0 Å². The van der Waals surface area contributed by atoms with E-state index in [2.05, 4.69) is 4.98 Å². The molecule has 1 unspecified atom stereocenters. The van der Waals surface area contributed by atoms with E-state index in [0.29, 0.717) is 16.7 Å². The van der Waals surface area contributed by atoms with Gasteiger partial charge in [-0.2, -0.15) is 0 Å². The zero-order chi connectivity index (χ0) is 11.0. The molecular formula is C10H12N2O3. The molecule has 0 aliphatic rings. The summed E-state index contributed by atoms with van der Waals surface area (Å²) in [7, 11) is 3.54. The molecule has 1 aromatic carbocycles. The number of oxazole rings is 1. The van der Waals surface area contributed by atoms with E-state index in [4.69, 9.17) is 4.42 Å². The van der Waals surface area contributed by atoms with E-state index in [0.717, 1.165) is 0 Å². The molecule has 80 valence electrons. The maximum atomic E-state index is 10.9. The van der Waals surface area contributed by atoms with Gasteiger partial charge in [-0.1, -0.05) is 6.07 Å². The minimum atomic E-state index is -0.687. The van der Waals surface area contributed by atoms with Crippen LogP contribution in [0.3, 0.4) is 0 Å². The Morgan fingerprint density at radius 3 is 2.87 bits per heavy atom. The normalized spacial score (nSPS) is 13.6. The number of hydrogen-bond acceptors (Lipinski definition) is 4. The Labute approximate surface area is 85.9 Å². The van der Waals surface area contributed by atoms with E-state index in [-0.39, 0.29) is 0 Å². The standard InChI is InChI=1S/C10H12N2O3/c1-12(2)9(13)6-3-4-8-7(5-6)11-10(14)15-8/h3-5,9,13H,1-2H3,(H,11,14). The molecule has 15 heavy (non-hydrogen) atoms. The van der Waals surface area contributed by atoms with Crippen molar-refractivity contribution in [2.75, 3.05) is 14.1 Å². The van der Waals surface area contributed by atoms with E-state index >= 15 is 0 Å². The molecule has 0 aliphatic carbocycles. The predicted molar refractivity (Wildman–Crippen MR) is 55.5 cm³/mol. The molecule has 5 nitrogen and oxygen atoms in total. The lowest BCUT2D eigenvalue weighted by Gasteiger charge is -2.18. The van der Waals surface area contributed by atoms with E-state index in [1.165, 1.54) is 0 Å². The van der Waals surface area contributed by atoms with E-state index in [1.807, 2.05) is 0 Å². The van der Waals surface area contributed by atoms with Crippen LogP contribution in [0.25, 0.3) is 11.1 Å². The number of aliphatic hydroxyl groups excluding tert-OH is 1. The van der Waals surface area contributed by atoms with Gasteiger partial charge in [0, 0.05) is 0 Å². The van der Waals surface area contributed by atoms with Gasteiger partial charge in [-0.15, -0.1) is 0 Å². The second-order valence-electron chi connectivity index (χ2n) is 3.61. The Hall–Kier alpha value is -1.59. The van der Waals surface area contributed by atoms with Gasteiger partial charge in [0.1, 0.15) is 6.23 Å². The molecule has 2 rings (SSSR count). The number of hydrogen-bond donors (Lipinski definition) is 2. The molecule has 1 atom stereocenters. The largest absolute Gasteiger partial charge is 0.417 e. The number of nitrogens with one attached hydrogen (secondary N) is 1. The van der Waals surface area contributed by atoms with Crippen molar-refractivity contribution < 1.29 is 9.52 Å². The summed E-state index contributed by atoms with van der Waals surface area (Å²) in [5, 5.41) is 9.77. The van der Waals surface area contributed by atoms with Crippen LogP contribution in [0, 0.1) is 0 Å². The van der Waals surface area contributed by atoms with Crippen LogP contribution in [0.15, 0.2) is 27.4 Å². The first-order valence-electron chi connectivity index (χ1n) is 4.55. The van der Waals surface area contributed by atoms with Crippen LogP contribution in [0.5, 0.6) is 0 Å². The lowest BCUT2D eigenvalue weighted by Crippen LogP contribution is -2.19. The Morgan fingerprint density at radius 1 is 1.47 bits per heavy atom. The van der Waals surface area contributed by atoms with Crippen molar-refractivity contribution in [3.8, 4) is 0 Å². The predicted octanol–water partition coefficient (Wildman–Crippen LogP) is 0.674. The van der Waals surface area contributed by atoms with Crippen molar-refractivity contribution >= 4 is 11.1 Å². The third-order valence-electron chi connectivity index (χ3n) is 2.23. The SMILES string of the molecule is CN(C)C(O)c1ccc2oc(=O)[nH]c2c1. The highest BCUT2D eigenvalue weighted by Crippen LogP contribution is 2.19. The lowest BCUT2D eigenvalue weighted by atomic mass is 10.2. The van der Waals surface area contributed by atoms with Gasteiger partial charge >= 0.3 is 5.76 Å². The Morgan fingerprint density at radius 2 is 2.20 bits per heavy atom. The number of H-pyrrole nitrogens is 1. The van der Waals surface area contributed by atoms with Gasteiger partial charge in [0.2, 0.25) is 0 Å². The van der Waals surface area contributed by atoms with E-state index in [1.54, 1.807) is 37.2 Å². The Balaban J connectivity index is 2.50. The van der Waals surface area contributed by atoms with Gasteiger partial charge in [-0.05, 0) is 31.8 Å². The highest BCUT2D eigenvalue weighted by atomic mass is 16.4. The molecule has 0 amide bonds. The van der Waals surface area contributed by atoms with Gasteiger partial charge in [-0.25, -0.2) is 4.79 Å². The lowest BCUT2D eigenvalue weighted by molar-refractivity contribution is 0.0396. The molecule has 0 fully saturated rings. The van der Waals surface area contributed by atoms with Crippen LogP contribution in [-0.4, -0.2) is 29.1 Å². The van der Waals surface area contributed by atoms with Gasteiger partial charge in [0.25, 0.3) is 0 Å². The third-order valence-corrected chi connectivity index (χ3v) is 2.23. The van der Waals surface area contributed by atoms with Crippen molar-refractivity contribution in [3.63, 3.8) is 0 Å². The molecular weight excluding hydrogens is 196 g/mol. The van der Waals surface area contributed by atoms with Crippen LogP contribution >= 0.6 is 0 Å². The highest BCUT2D eigenvalue weighted by molar-refractivity contribution is 5.72. The summed E-state index contributed by atoms with van der Waals surface area (Å²) in [5.74, 6) is -0.485. The average molecular weight is 208 g/mol. The molecule has 0 saturated heterocycles. The molecule has 0 bridgehead atoms. The summed E-state index contributed by atoms with van der Waals surface area (Å²) in [5.41, 5.74) is 1.80. The third kappa shape index (κ3) is 1.79. The minimum Gasteiger partial charge on any atom is -0.408 e. The summed E-state index contributed by atoms with van der Waals surface area (Å²) in [6.07, 6.45) is -0.687. The fourth-order valence-electron chi connectivity index (χ4n) is 1.43. The van der Waals surface area contributed by atoms with Crippen molar-refractivity contribution in [1.29, 1.82) is 0 Å². The minimum absolute atomic E-state index is 0.485. The number of rotatable bonds is 2. The van der Waals surface area contributed by atoms with Gasteiger partial charge < -0.3 is 9.52 Å². The zero-order valence-corrected chi connectivity index (χ0v) is 8.52. The fraction of sp³-hybridized carbons (Fsp3) is 0.300. The molecule has 0 saturated carbocycles. The summed E-state index contributed by atoms with van der Waals surface area (Å²) in [6, 6.07) is 5.09. The summed E-state index contributed by atoms with van der Waals surface area (Å²) >= 11 is 0. The molecule has 0 radical (unpaired) electrons. The highest BCUT2D eigenvalue weighted by Gasteiger charge is 2.11. The molecule has 1 aromatic heterocycles. The van der Waals surface area contributed by atoms with Crippen LogP contribution in [0.1, 0.15) is 11.8 Å².